The van der Waals surface area contributed by atoms with Crippen molar-refractivity contribution in [1.82, 2.24) is 20.0 Å². The number of hydrogen-bond acceptors (Lipinski definition) is 7. The number of fused-ring (bicyclic) bond motifs is 1. The number of carboxylic acid groups (broad SMARTS) is 1. The van der Waals surface area contributed by atoms with Crippen molar-refractivity contribution in [2.24, 2.45) is 0 Å². The van der Waals surface area contributed by atoms with Gasteiger partial charge in [-0.1, -0.05) is 0 Å². The first-order chi connectivity index (χ1) is 15.9. The number of carbonyl (C=O) groups excluding carboxylic acids is 3. The van der Waals surface area contributed by atoms with Crippen LogP contribution in [0.2, 0.25) is 0 Å². The van der Waals surface area contributed by atoms with Gasteiger partial charge < -0.3 is 15.2 Å². The lowest BCUT2D eigenvalue weighted by Gasteiger charge is -2.49. The van der Waals surface area contributed by atoms with E-state index in [2.05, 4.69) is 26.3 Å². The molecule has 34 heavy (non-hydrogen) atoms. The molecule has 3 heterocycles. The van der Waals surface area contributed by atoms with Crippen molar-refractivity contribution in [1.29, 1.82) is 0 Å². The van der Waals surface area contributed by atoms with Gasteiger partial charge >= 0.3 is 18.1 Å². The van der Waals surface area contributed by atoms with Crippen LogP contribution in [0.5, 0.6) is 0 Å². The highest BCUT2D eigenvalue weighted by Gasteiger charge is 2.54. The number of amides is 2. The Hall–Kier alpha value is -2.55. The summed E-state index contributed by atoms with van der Waals surface area (Å²) in [5.41, 5.74) is -0.894. The summed E-state index contributed by atoms with van der Waals surface area (Å²) in [5.74, 6) is -3.36. The summed E-state index contributed by atoms with van der Waals surface area (Å²) >= 11 is 4.14. The van der Waals surface area contributed by atoms with Crippen molar-refractivity contribution < 1.29 is 42.2 Å². The summed E-state index contributed by atoms with van der Waals surface area (Å²) in [7, 11) is 0. The molecule has 4 rings (SSSR count). The van der Waals surface area contributed by atoms with Gasteiger partial charge in [0.05, 0.1) is 10.2 Å². The molecule has 1 aromatic heterocycles. The molecule has 2 atom stereocenters. The number of nitrogens with zero attached hydrogens (tertiary/aromatic N) is 3. The number of ether oxygens (including phenoxy) is 1. The minimum absolute atomic E-state index is 0.139. The Morgan fingerprint density at radius 3 is 2.56 bits per heavy atom. The lowest BCUT2D eigenvalue weighted by Crippen LogP contribution is -2.70. The molecule has 15 heteroatoms. The van der Waals surface area contributed by atoms with Crippen LogP contribution in [0.1, 0.15) is 37.1 Å². The van der Waals surface area contributed by atoms with Crippen molar-refractivity contribution >= 4 is 51.4 Å². The van der Waals surface area contributed by atoms with Crippen LogP contribution in [0.4, 0.5) is 13.2 Å². The number of nitrogens with one attached hydrogen (secondary N) is 1. The highest BCUT2D eigenvalue weighted by molar-refractivity contribution is 9.10. The molecular weight excluding hydrogens is 549 g/mol. The third-order valence-electron chi connectivity index (χ3n) is 5.47. The smallest absolute Gasteiger partial charge is 0.436 e. The number of halogens is 4. The van der Waals surface area contributed by atoms with E-state index in [1.807, 2.05) is 0 Å². The minimum Gasteiger partial charge on any atom is -0.477 e. The van der Waals surface area contributed by atoms with Gasteiger partial charge in [-0.15, -0.1) is 11.8 Å². The van der Waals surface area contributed by atoms with E-state index in [1.165, 1.54) is 18.7 Å². The lowest BCUT2D eigenvalue weighted by atomic mass is 10.0. The maximum Gasteiger partial charge on any atom is 0.436 e. The molecular formula is C19H18BrF3N4O6S. The Morgan fingerprint density at radius 1 is 1.32 bits per heavy atom. The average Bonchev–Trinajstić information content (AvgIpc) is 3.51. The van der Waals surface area contributed by atoms with Crippen LogP contribution in [-0.4, -0.2) is 67.3 Å². The summed E-state index contributed by atoms with van der Waals surface area (Å²) < 4.78 is 45.5. The number of aromatic nitrogens is 2. The van der Waals surface area contributed by atoms with Gasteiger partial charge in [0.1, 0.15) is 30.3 Å². The first-order valence-electron chi connectivity index (χ1n) is 10.1. The topological polar surface area (TPSA) is 131 Å². The molecule has 2 aliphatic heterocycles. The molecule has 1 saturated heterocycles. The third kappa shape index (κ3) is 4.54. The molecule has 0 spiro atoms. The van der Waals surface area contributed by atoms with E-state index in [9.17, 15) is 37.5 Å². The van der Waals surface area contributed by atoms with E-state index in [0.717, 1.165) is 9.58 Å². The van der Waals surface area contributed by atoms with Gasteiger partial charge in [-0.25, -0.2) is 4.79 Å². The van der Waals surface area contributed by atoms with Gasteiger partial charge in [0.15, 0.2) is 5.69 Å². The van der Waals surface area contributed by atoms with Crippen LogP contribution in [0.15, 0.2) is 15.7 Å². The molecule has 184 valence electrons. The molecule has 0 aromatic carbocycles. The van der Waals surface area contributed by atoms with Crippen LogP contribution in [0, 0.1) is 0 Å². The Labute approximate surface area is 203 Å². The van der Waals surface area contributed by atoms with Gasteiger partial charge in [-0.2, -0.15) is 18.3 Å². The maximum absolute atomic E-state index is 13.3. The summed E-state index contributed by atoms with van der Waals surface area (Å²) in [4.78, 5) is 49.1. The number of carboxylic acids is 1. The summed E-state index contributed by atoms with van der Waals surface area (Å²) in [6.07, 6.45) is -3.34. The van der Waals surface area contributed by atoms with Crippen molar-refractivity contribution in [3.05, 3.63) is 27.1 Å². The Bertz CT molecular complexity index is 1120. The minimum atomic E-state index is -4.70. The van der Waals surface area contributed by atoms with Crippen LogP contribution in [0.3, 0.4) is 0 Å². The summed E-state index contributed by atoms with van der Waals surface area (Å²) in [6.45, 7) is 0.364. The van der Waals surface area contributed by atoms with Gasteiger partial charge in [0.25, 0.3) is 5.91 Å². The second kappa shape index (κ2) is 8.91. The fraction of sp³-hybridized carbons (Fsp3) is 0.526. The van der Waals surface area contributed by atoms with Gasteiger partial charge in [0.2, 0.25) is 5.91 Å². The first kappa shape index (κ1) is 24.6. The third-order valence-corrected chi connectivity index (χ3v) is 7.59. The average molecular weight is 567 g/mol. The number of thioether (sulfide) groups is 1. The Balaban J connectivity index is 1.48. The highest BCUT2D eigenvalue weighted by atomic mass is 79.9. The zero-order chi connectivity index (χ0) is 24.9. The normalized spacial score (nSPS) is 22.3. The molecule has 1 aliphatic carbocycles. The number of esters is 1. The zero-order valence-electron chi connectivity index (χ0n) is 17.5. The Morgan fingerprint density at radius 2 is 2.00 bits per heavy atom. The van der Waals surface area contributed by atoms with Crippen LogP contribution in [0.25, 0.3) is 0 Å². The van der Waals surface area contributed by atoms with Gasteiger partial charge in [-0.05, 0) is 28.8 Å². The van der Waals surface area contributed by atoms with E-state index < -0.39 is 53.6 Å². The van der Waals surface area contributed by atoms with E-state index in [1.54, 1.807) is 0 Å². The maximum atomic E-state index is 13.3. The molecule has 1 aromatic rings. The number of carbonyl (C=O) groups is 4. The van der Waals surface area contributed by atoms with Gasteiger partial charge in [0, 0.05) is 24.2 Å². The van der Waals surface area contributed by atoms with E-state index >= 15 is 0 Å². The van der Waals surface area contributed by atoms with E-state index in [-0.39, 0.29) is 39.7 Å². The first-order valence-corrected chi connectivity index (χ1v) is 11.9. The van der Waals surface area contributed by atoms with Crippen molar-refractivity contribution in [2.45, 2.75) is 49.8 Å². The lowest BCUT2D eigenvalue weighted by molar-refractivity contribution is -0.151. The number of β-lactam (4-membered cyclic amide) rings is 1. The second-order valence-electron chi connectivity index (χ2n) is 7.97. The fourth-order valence-corrected chi connectivity index (χ4v) is 6.00. The molecule has 2 amide bonds. The fourth-order valence-electron chi connectivity index (χ4n) is 3.84. The predicted molar refractivity (Wildman–Crippen MR) is 113 cm³/mol. The molecule has 2 fully saturated rings. The highest BCUT2D eigenvalue weighted by Crippen LogP contribution is 2.47. The number of alkyl halides is 3. The summed E-state index contributed by atoms with van der Waals surface area (Å²) in [5, 5.41) is 14.9. The van der Waals surface area contributed by atoms with Crippen LogP contribution >= 0.6 is 27.7 Å². The van der Waals surface area contributed by atoms with Crippen LogP contribution < -0.4 is 5.32 Å². The standard InChI is InChI=1S/C19H18BrF3N4O6S/c1-7(28)33-5-9-6-34-17-12(16(30)27(17)14(9)18(31)32)24-10(29)4-26-13(8-2-3-8)11(20)15(25-26)19(21,22)23/h8,12,17H,2-6H2,1H3,(H,24,29)(H,31,32). The largest absolute Gasteiger partial charge is 0.477 e. The molecule has 0 radical (unpaired) electrons. The quantitative estimate of drug-likeness (QED) is 0.377. The number of rotatable bonds is 7. The van der Waals surface area contributed by atoms with Crippen molar-refractivity contribution in [2.75, 3.05) is 12.4 Å². The predicted octanol–water partition coefficient (Wildman–Crippen LogP) is 1.84. The monoisotopic (exact) mass is 566 g/mol. The molecule has 0 bridgehead atoms. The Kier molecular flexibility index (Phi) is 6.44. The molecule has 10 nitrogen and oxygen atoms in total. The van der Waals surface area contributed by atoms with E-state index in [0.29, 0.717) is 12.8 Å². The van der Waals surface area contributed by atoms with Crippen LogP contribution in [-0.2, 0) is 36.6 Å². The number of hydrogen-bond donors (Lipinski definition) is 2. The molecule has 1 saturated carbocycles. The SMILES string of the molecule is CC(=O)OCC1=C(C(=O)O)N2C(=O)C(NC(=O)Cn3nc(C(F)(F)F)c(Br)c3C3CC3)C2SC1. The number of aliphatic carboxylic acids is 1. The van der Waals surface area contributed by atoms with Crippen molar-refractivity contribution in [3.63, 3.8) is 0 Å². The van der Waals surface area contributed by atoms with Crippen molar-refractivity contribution in [3.8, 4) is 0 Å². The molecule has 3 aliphatic rings. The zero-order valence-corrected chi connectivity index (χ0v) is 19.9. The van der Waals surface area contributed by atoms with Gasteiger partial charge in [-0.3, -0.25) is 24.0 Å². The molecule has 2 unspecified atom stereocenters. The summed E-state index contributed by atoms with van der Waals surface area (Å²) in [6, 6.07) is -1.05. The van der Waals surface area contributed by atoms with E-state index in [4.69, 9.17) is 4.74 Å². The second-order valence-corrected chi connectivity index (χ2v) is 9.87. The molecule has 2 N–H and O–H groups in total.